The van der Waals surface area contributed by atoms with Crippen molar-refractivity contribution in [2.75, 3.05) is 27.3 Å². The number of rotatable bonds is 6. The highest BCUT2D eigenvalue weighted by atomic mass is 16.5. The van der Waals surface area contributed by atoms with Crippen molar-refractivity contribution in [3.63, 3.8) is 0 Å². The Kier molecular flexibility index (Phi) is 5.34. The first-order valence-corrected chi connectivity index (χ1v) is 8.75. The van der Waals surface area contributed by atoms with Crippen LogP contribution in [-0.2, 0) is 11.3 Å². The van der Waals surface area contributed by atoms with Crippen molar-refractivity contribution in [2.45, 2.75) is 19.4 Å². The summed E-state index contributed by atoms with van der Waals surface area (Å²) >= 11 is 0. The van der Waals surface area contributed by atoms with E-state index in [1.54, 1.807) is 27.9 Å². The van der Waals surface area contributed by atoms with E-state index in [4.69, 9.17) is 9.47 Å². The lowest BCUT2D eigenvalue weighted by Gasteiger charge is -2.20. The number of amides is 1. The molecular weight excluding hydrogens is 350 g/mol. The molecule has 1 aliphatic rings. The zero-order valence-corrected chi connectivity index (χ0v) is 15.6. The monoisotopic (exact) mass is 373 g/mol. The summed E-state index contributed by atoms with van der Waals surface area (Å²) in [6.07, 6.45) is 3.19. The van der Waals surface area contributed by atoms with Crippen molar-refractivity contribution in [1.82, 2.24) is 14.7 Å². The summed E-state index contributed by atoms with van der Waals surface area (Å²) in [6, 6.07) is 5.38. The van der Waals surface area contributed by atoms with Gasteiger partial charge in [-0.1, -0.05) is 12.1 Å². The molecule has 1 aromatic heterocycles. The van der Waals surface area contributed by atoms with Gasteiger partial charge in [0.2, 0.25) is 0 Å². The van der Waals surface area contributed by atoms with Crippen molar-refractivity contribution in [3.05, 3.63) is 41.7 Å². The van der Waals surface area contributed by atoms with E-state index in [0.29, 0.717) is 23.6 Å². The standard InChI is InChI=1S/C19H23N3O5/c1-4-22-9-12(8-20-22)18(23)21-10-14(15(11-21)19(24)25)13-6-5-7-16(26-2)17(13)27-3/h5-9,14-15H,4,10-11H2,1-3H3,(H,24,25)/t14-,15+/m0/s1. The minimum absolute atomic E-state index is 0.135. The Bertz CT molecular complexity index is 848. The molecule has 2 aromatic rings. The number of hydrogen-bond donors (Lipinski definition) is 1. The lowest BCUT2D eigenvalue weighted by atomic mass is 9.88. The summed E-state index contributed by atoms with van der Waals surface area (Å²) in [5.41, 5.74) is 1.18. The molecule has 8 nitrogen and oxygen atoms in total. The van der Waals surface area contributed by atoms with E-state index < -0.39 is 17.8 Å². The second-order valence-corrected chi connectivity index (χ2v) is 6.43. The molecule has 27 heavy (non-hydrogen) atoms. The Morgan fingerprint density at radius 3 is 2.63 bits per heavy atom. The van der Waals surface area contributed by atoms with E-state index in [0.717, 1.165) is 5.56 Å². The van der Waals surface area contributed by atoms with Gasteiger partial charge in [-0.15, -0.1) is 0 Å². The van der Waals surface area contributed by atoms with Crippen molar-refractivity contribution in [2.24, 2.45) is 5.92 Å². The molecule has 1 amide bonds. The van der Waals surface area contributed by atoms with Gasteiger partial charge in [0.1, 0.15) is 0 Å². The number of carboxylic acid groups (broad SMARTS) is 1. The molecule has 0 saturated carbocycles. The highest BCUT2D eigenvalue weighted by Gasteiger charge is 2.42. The van der Waals surface area contributed by atoms with E-state index in [2.05, 4.69) is 5.10 Å². The molecule has 1 aliphatic heterocycles. The molecule has 1 saturated heterocycles. The Morgan fingerprint density at radius 1 is 1.26 bits per heavy atom. The maximum atomic E-state index is 12.8. The second kappa shape index (κ2) is 7.69. The molecule has 0 aliphatic carbocycles. The van der Waals surface area contributed by atoms with Crippen LogP contribution in [0.25, 0.3) is 0 Å². The SMILES string of the molecule is CCn1cc(C(=O)N2C[C@@H](C(=O)O)[C@H](c3cccc(OC)c3OC)C2)cn1. The third kappa shape index (κ3) is 3.47. The van der Waals surface area contributed by atoms with Crippen molar-refractivity contribution in [1.29, 1.82) is 0 Å². The predicted octanol–water partition coefficient (Wildman–Crippen LogP) is 1.86. The number of aromatic nitrogens is 2. The molecule has 1 fully saturated rings. The number of methoxy groups -OCH3 is 2. The summed E-state index contributed by atoms with van der Waals surface area (Å²) < 4.78 is 12.5. The summed E-state index contributed by atoms with van der Waals surface area (Å²) in [5.74, 6) is -1.24. The van der Waals surface area contributed by atoms with Crippen LogP contribution in [0.3, 0.4) is 0 Å². The van der Waals surface area contributed by atoms with Crippen LogP contribution in [0.5, 0.6) is 11.5 Å². The molecule has 1 N–H and O–H groups in total. The second-order valence-electron chi connectivity index (χ2n) is 6.43. The van der Waals surface area contributed by atoms with E-state index in [9.17, 15) is 14.7 Å². The Labute approximate surface area is 157 Å². The molecule has 0 radical (unpaired) electrons. The van der Waals surface area contributed by atoms with Crippen LogP contribution in [0.1, 0.15) is 28.8 Å². The molecule has 0 unspecified atom stereocenters. The van der Waals surface area contributed by atoms with Crippen LogP contribution < -0.4 is 9.47 Å². The van der Waals surface area contributed by atoms with Crippen LogP contribution >= 0.6 is 0 Å². The summed E-state index contributed by atoms with van der Waals surface area (Å²) in [4.78, 5) is 26.3. The normalized spacial score (nSPS) is 19.1. The summed E-state index contributed by atoms with van der Waals surface area (Å²) in [7, 11) is 3.06. The zero-order valence-electron chi connectivity index (χ0n) is 15.6. The topological polar surface area (TPSA) is 93.9 Å². The molecule has 2 atom stereocenters. The lowest BCUT2D eigenvalue weighted by molar-refractivity contribution is -0.141. The molecule has 0 bridgehead atoms. The van der Waals surface area contributed by atoms with Gasteiger partial charge >= 0.3 is 5.97 Å². The molecule has 0 spiro atoms. The third-order valence-corrected chi connectivity index (χ3v) is 4.96. The Hall–Kier alpha value is -3.03. The minimum atomic E-state index is -0.940. The van der Waals surface area contributed by atoms with Crippen molar-refractivity contribution >= 4 is 11.9 Å². The van der Waals surface area contributed by atoms with Gasteiger partial charge in [0, 0.05) is 37.3 Å². The van der Waals surface area contributed by atoms with Gasteiger partial charge in [-0.05, 0) is 13.0 Å². The van der Waals surface area contributed by atoms with E-state index >= 15 is 0 Å². The number of ether oxygens (including phenoxy) is 2. The predicted molar refractivity (Wildman–Crippen MR) is 97.2 cm³/mol. The van der Waals surface area contributed by atoms with Crippen LogP contribution in [0.2, 0.25) is 0 Å². The highest BCUT2D eigenvalue weighted by molar-refractivity contribution is 5.94. The fourth-order valence-electron chi connectivity index (χ4n) is 3.57. The number of nitrogens with zero attached hydrogens (tertiary/aromatic N) is 3. The molecule has 1 aromatic carbocycles. The molecule has 3 rings (SSSR count). The number of hydrogen-bond acceptors (Lipinski definition) is 5. The van der Waals surface area contributed by atoms with Crippen LogP contribution in [0.15, 0.2) is 30.6 Å². The van der Waals surface area contributed by atoms with E-state index in [1.165, 1.54) is 20.4 Å². The number of carboxylic acids is 1. The number of likely N-dealkylation sites (tertiary alicyclic amines) is 1. The van der Waals surface area contributed by atoms with Crippen LogP contribution in [0.4, 0.5) is 0 Å². The smallest absolute Gasteiger partial charge is 0.308 e. The Balaban J connectivity index is 1.92. The van der Waals surface area contributed by atoms with Crippen LogP contribution in [0, 0.1) is 5.92 Å². The summed E-state index contributed by atoms with van der Waals surface area (Å²) in [5, 5.41) is 13.8. The quantitative estimate of drug-likeness (QED) is 0.831. The lowest BCUT2D eigenvalue weighted by Crippen LogP contribution is -2.29. The first-order chi connectivity index (χ1) is 13.0. The third-order valence-electron chi connectivity index (χ3n) is 4.96. The maximum Gasteiger partial charge on any atom is 0.308 e. The van der Waals surface area contributed by atoms with E-state index in [-0.39, 0.29) is 19.0 Å². The minimum Gasteiger partial charge on any atom is -0.493 e. The molecular formula is C19H23N3O5. The van der Waals surface area contributed by atoms with Gasteiger partial charge in [-0.3, -0.25) is 14.3 Å². The number of carbonyl (C=O) groups is 2. The number of aryl methyl sites for hydroxylation is 1. The fourth-order valence-corrected chi connectivity index (χ4v) is 3.57. The van der Waals surface area contributed by atoms with Gasteiger partial charge < -0.3 is 19.5 Å². The number of carbonyl (C=O) groups excluding carboxylic acids is 1. The first-order valence-electron chi connectivity index (χ1n) is 8.75. The van der Waals surface area contributed by atoms with Gasteiger partial charge in [-0.2, -0.15) is 5.10 Å². The van der Waals surface area contributed by atoms with Gasteiger partial charge in [0.25, 0.3) is 5.91 Å². The molecule has 144 valence electrons. The highest BCUT2D eigenvalue weighted by Crippen LogP contribution is 2.42. The summed E-state index contributed by atoms with van der Waals surface area (Å²) in [6.45, 7) is 3.02. The maximum absolute atomic E-state index is 12.8. The first kappa shape index (κ1) is 18.8. The Morgan fingerprint density at radius 2 is 2.04 bits per heavy atom. The fraction of sp³-hybridized carbons (Fsp3) is 0.421. The zero-order chi connectivity index (χ0) is 19.6. The number of para-hydroxylation sites is 1. The van der Waals surface area contributed by atoms with Crippen molar-refractivity contribution in [3.8, 4) is 11.5 Å². The molecule has 2 heterocycles. The van der Waals surface area contributed by atoms with Gasteiger partial charge in [0.15, 0.2) is 11.5 Å². The van der Waals surface area contributed by atoms with E-state index in [1.807, 2.05) is 13.0 Å². The molecule has 8 heteroatoms. The number of aliphatic carboxylic acids is 1. The van der Waals surface area contributed by atoms with Crippen molar-refractivity contribution < 1.29 is 24.2 Å². The largest absolute Gasteiger partial charge is 0.493 e. The van der Waals surface area contributed by atoms with Crippen LogP contribution in [-0.4, -0.2) is 59.0 Å². The average Bonchev–Trinajstić information content (AvgIpc) is 3.33. The average molecular weight is 373 g/mol. The number of benzene rings is 1. The van der Waals surface area contributed by atoms with Gasteiger partial charge in [-0.25, -0.2) is 0 Å². The van der Waals surface area contributed by atoms with Gasteiger partial charge in [0.05, 0.1) is 31.9 Å².